The van der Waals surface area contributed by atoms with Gasteiger partial charge in [0, 0.05) is 18.8 Å². The van der Waals surface area contributed by atoms with Crippen LogP contribution in [0.25, 0.3) is 11.1 Å². The third kappa shape index (κ3) is 3.39. The number of benzene rings is 2. The van der Waals surface area contributed by atoms with Crippen LogP contribution < -0.4 is 14.8 Å². The maximum Gasteiger partial charge on any atom is 0.321 e. The van der Waals surface area contributed by atoms with Crippen LogP contribution in [0.5, 0.6) is 11.5 Å². The summed E-state index contributed by atoms with van der Waals surface area (Å²) in [6, 6.07) is 13.4. The van der Waals surface area contributed by atoms with Crippen LogP contribution in [0.4, 0.5) is 10.5 Å². The Hall–Kier alpha value is -2.73. The largest absolute Gasteiger partial charge is 0.454 e. The number of fused-ring (bicyclic) bond motifs is 1. The second-order valence-corrected chi connectivity index (χ2v) is 6.30. The molecule has 0 unspecified atom stereocenters. The highest BCUT2D eigenvalue weighted by molar-refractivity contribution is 5.90. The fraction of sp³-hybridized carbons (Fsp3) is 0.316. The smallest absolute Gasteiger partial charge is 0.321 e. The van der Waals surface area contributed by atoms with Gasteiger partial charge in [-0.25, -0.2) is 4.79 Å². The lowest BCUT2D eigenvalue weighted by atomic mass is 10.0. The molecule has 2 aromatic carbocycles. The van der Waals surface area contributed by atoms with E-state index in [4.69, 9.17) is 9.47 Å². The third-order valence-electron chi connectivity index (χ3n) is 4.57. The van der Waals surface area contributed by atoms with Gasteiger partial charge in [-0.2, -0.15) is 0 Å². The first kappa shape index (κ1) is 15.8. The van der Waals surface area contributed by atoms with Crippen molar-refractivity contribution < 1.29 is 19.4 Å². The highest BCUT2D eigenvalue weighted by Gasteiger charge is 2.21. The molecule has 25 heavy (non-hydrogen) atoms. The Balaban J connectivity index is 1.49. The number of nitrogens with zero attached hydrogens (tertiary/aromatic N) is 1. The van der Waals surface area contributed by atoms with Crippen LogP contribution in [0.3, 0.4) is 0 Å². The van der Waals surface area contributed by atoms with E-state index >= 15 is 0 Å². The molecule has 0 radical (unpaired) electrons. The maximum atomic E-state index is 12.4. The molecule has 6 nitrogen and oxygen atoms in total. The van der Waals surface area contributed by atoms with Crippen LogP contribution >= 0.6 is 0 Å². The summed E-state index contributed by atoms with van der Waals surface area (Å²) >= 11 is 0. The molecule has 6 heteroatoms. The average molecular weight is 340 g/mol. The van der Waals surface area contributed by atoms with Gasteiger partial charge in [0.15, 0.2) is 11.5 Å². The number of likely N-dealkylation sites (tertiary alicyclic amines) is 1. The number of ether oxygens (including phenoxy) is 2. The van der Waals surface area contributed by atoms with Gasteiger partial charge in [0.25, 0.3) is 0 Å². The van der Waals surface area contributed by atoms with Gasteiger partial charge < -0.3 is 24.8 Å². The van der Waals surface area contributed by atoms with Gasteiger partial charge in [-0.15, -0.1) is 0 Å². The SMILES string of the molecule is O=C(Nc1cccc(-c2ccc3c(c2)OCO3)c1)N1CCC(O)CC1. The van der Waals surface area contributed by atoms with Crippen LogP contribution in [-0.2, 0) is 0 Å². The standard InChI is InChI=1S/C19H20N2O4/c22-16-6-8-21(9-7-16)19(23)20-15-3-1-2-13(10-15)14-4-5-17-18(11-14)25-12-24-17/h1-5,10-11,16,22H,6-9,12H2,(H,20,23). The lowest BCUT2D eigenvalue weighted by Gasteiger charge is -2.29. The number of nitrogens with one attached hydrogen (secondary N) is 1. The Morgan fingerprint density at radius 1 is 1.04 bits per heavy atom. The van der Waals surface area contributed by atoms with Crippen molar-refractivity contribution in [3.63, 3.8) is 0 Å². The van der Waals surface area contributed by atoms with E-state index < -0.39 is 0 Å². The molecule has 0 atom stereocenters. The number of anilines is 1. The van der Waals surface area contributed by atoms with E-state index in [2.05, 4.69) is 5.32 Å². The Labute approximate surface area is 146 Å². The fourth-order valence-electron chi connectivity index (χ4n) is 3.12. The summed E-state index contributed by atoms with van der Waals surface area (Å²) in [4.78, 5) is 14.1. The molecule has 2 aliphatic heterocycles. The zero-order chi connectivity index (χ0) is 17.2. The topological polar surface area (TPSA) is 71.0 Å². The Morgan fingerprint density at radius 2 is 1.80 bits per heavy atom. The summed E-state index contributed by atoms with van der Waals surface area (Å²) in [6.45, 7) is 1.41. The van der Waals surface area contributed by atoms with E-state index in [1.807, 2.05) is 42.5 Å². The number of carbonyl (C=O) groups is 1. The van der Waals surface area contributed by atoms with Gasteiger partial charge in [-0.05, 0) is 48.2 Å². The number of rotatable bonds is 2. The number of urea groups is 1. The van der Waals surface area contributed by atoms with Crippen molar-refractivity contribution in [1.29, 1.82) is 0 Å². The molecule has 2 heterocycles. The van der Waals surface area contributed by atoms with Gasteiger partial charge in [0.1, 0.15) is 0 Å². The summed E-state index contributed by atoms with van der Waals surface area (Å²) in [5.74, 6) is 1.49. The number of carbonyl (C=O) groups excluding carboxylic acids is 1. The molecule has 1 fully saturated rings. The molecule has 0 aliphatic carbocycles. The van der Waals surface area contributed by atoms with E-state index in [1.54, 1.807) is 4.90 Å². The Morgan fingerprint density at radius 3 is 2.64 bits per heavy atom. The number of piperidine rings is 1. The van der Waals surface area contributed by atoms with Crippen LogP contribution in [-0.4, -0.2) is 42.0 Å². The Kier molecular flexibility index (Phi) is 4.19. The number of aliphatic hydroxyl groups excluding tert-OH is 1. The van der Waals surface area contributed by atoms with Gasteiger partial charge in [-0.3, -0.25) is 0 Å². The van der Waals surface area contributed by atoms with Crippen molar-refractivity contribution in [2.75, 3.05) is 25.2 Å². The molecule has 0 saturated carbocycles. The molecular formula is C19H20N2O4. The minimum Gasteiger partial charge on any atom is -0.454 e. The van der Waals surface area contributed by atoms with E-state index in [-0.39, 0.29) is 18.9 Å². The van der Waals surface area contributed by atoms with Crippen molar-refractivity contribution in [2.45, 2.75) is 18.9 Å². The third-order valence-corrected chi connectivity index (χ3v) is 4.57. The second kappa shape index (κ2) is 6.64. The molecule has 0 aromatic heterocycles. The normalized spacial score (nSPS) is 16.8. The van der Waals surface area contributed by atoms with Crippen LogP contribution in [0.15, 0.2) is 42.5 Å². The zero-order valence-electron chi connectivity index (χ0n) is 13.8. The minimum atomic E-state index is -0.293. The quantitative estimate of drug-likeness (QED) is 0.881. The summed E-state index contributed by atoms with van der Waals surface area (Å²) in [6.07, 6.45) is 0.966. The van der Waals surface area contributed by atoms with Crippen LogP contribution in [0.2, 0.25) is 0 Å². The second-order valence-electron chi connectivity index (χ2n) is 6.30. The summed E-state index contributed by atoms with van der Waals surface area (Å²) in [5.41, 5.74) is 2.73. The number of amides is 2. The lowest BCUT2D eigenvalue weighted by molar-refractivity contribution is 0.0972. The van der Waals surface area contributed by atoms with Crippen molar-refractivity contribution in [1.82, 2.24) is 4.90 Å². The molecule has 0 spiro atoms. The molecule has 130 valence electrons. The lowest BCUT2D eigenvalue weighted by Crippen LogP contribution is -2.42. The van der Waals surface area contributed by atoms with Gasteiger partial charge >= 0.3 is 6.03 Å². The number of aliphatic hydroxyl groups is 1. The molecule has 1 saturated heterocycles. The van der Waals surface area contributed by atoms with Crippen molar-refractivity contribution in [3.05, 3.63) is 42.5 Å². The molecule has 0 bridgehead atoms. The van der Waals surface area contributed by atoms with Gasteiger partial charge in [0.05, 0.1) is 6.10 Å². The van der Waals surface area contributed by atoms with Gasteiger partial charge in [-0.1, -0.05) is 18.2 Å². The van der Waals surface area contributed by atoms with Gasteiger partial charge in [0.2, 0.25) is 6.79 Å². The molecule has 4 rings (SSSR count). The number of hydrogen-bond donors (Lipinski definition) is 2. The minimum absolute atomic E-state index is 0.130. The molecule has 2 N–H and O–H groups in total. The van der Waals surface area contributed by atoms with Crippen molar-refractivity contribution in [2.24, 2.45) is 0 Å². The monoisotopic (exact) mass is 340 g/mol. The van der Waals surface area contributed by atoms with E-state index in [1.165, 1.54) is 0 Å². The predicted octanol–water partition coefficient (Wildman–Crippen LogP) is 3.07. The van der Waals surface area contributed by atoms with Crippen LogP contribution in [0, 0.1) is 0 Å². The number of hydrogen-bond acceptors (Lipinski definition) is 4. The molecule has 2 aromatic rings. The summed E-state index contributed by atoms with van der Waals surface area (Å²) in [5, 5.41) is 12.5. The van der Waals surface area contributed by atoms with Crippen molar-refractivity contribution in [3.8, 4) is 22.6 Å². The maximum absolute atomic E-state index is 12.4. The first-order valence-electron chi connectivity index (χ1n) is 8.43. The van der Waals surface area contributed by atoms with Crippen LogP contribution in [0.1, 0.15) is 12.8 Å². The molecule has 2 aliphatic rings. The van der Waals surface area contributed by atoms with E-state index in [9.17, 15) is 9.90 Å². The zero-order valence-corrected chi connectivity index (χ0v) is 13.8. The molecular weight excluding hydrogens is 320 g/mol. The highest BCUT2D eigenvalue weighted by atomic mass is 16.7. The fourth-order valence-corrected chi connectivity index (χ4v) is 3.12. The molecule has 2 amide bonds. The summed E-state index contributed by atoms with van der Waals surface area (Å²) in [7, 11) is 0. The first-order valence-corrected chi connectivity index (χ1v) is 8.43. The predicted molar refractivity (Wildman–Crippen MR) is 93.8 cm³/mol. The van der Waals surface area contributed by atoms with E-state index in [0.717, 1.165) is 28.3 Å². The summed E-state index contributed by atoms with van der Waals surface area (Å²) < 4.78 is 10.8. The van der Waals surface area contributed by atoms with Crippen molar-refractivity contribution >= 4 is 11.7 Å². The van der Waals surface area contributed by atoms with E-state index in [0.29, 0.717) is 25.9 Å². The first-order chi connectivity index (χ1) is 12.2. The average Bonchev–Trinajstić information content (AvgIpc) is 3.10. The Bertz CT molecular complexity index is 785. The highest BCUT2D eigenvalue weighted by Crippen LogP contribution is 2.36.